The van der Waals surface area contributed by atoms with E-state index >= 15 is 0 Å². The molecule has 2 heterocycles. The number of likely N-dealkylation sites (tertiary alicyclic amines) is 1. The summed E-state index contributed by atoms with van der Waals surface area (Å²) in [6.07, 6.45) is 4.94. The van der Waals surface area contributed by atoms with Gasteiger partial charge in [0.15, 0.2) is 0 Å². The molecule has 0 aliphatic carbocycles. The summed E-state index contributed by atoms with van der Waals surface area (Å²) in [5.74, 6) is 0.167. The van der Waals surface area contributed by atoms with Crippen LogP contribution in [-0.2, 0) is 17.6 Å². The molecule has 0 aromatic heterocycles. The molecule has 2 N–H and O–H groups in total. The monoisotopic (exact) mass is 471 g/mol. The summed E-state index contributed by atoms with van der Waals surface area (Å²) >= 11 is 0. The molecule has 0 spiro atoms. The maximum Gasteiger partial charge on any atom is 0.226 e. The number of rotatable bonds is 7. The summed E-state index contributed by atoms with van der Waals surface area (Å²) in [6.45, 7) is 4.46. The number of piperidine rings is 2. The molecule has 3 aromatic rings. The van der Waals surface area contributed by atoms with Crippen LogP contribution in [0.1, 0.15) is 36.8 Å². The van der Waals surface area contributed by atoms with E-state index in [-0.39, 0.29) is 12.0 Å². The highest BCUT2D eigenvalue weighted by atomic mass is 16.3. The zero-order chi connectivity index (χ0) is 24.0. The first-order chi connectivity index (χ1) is 17.2. The van der Waals surface area contributed by atoms with Crippen molar-refractivity contribution in [2.24, 2.45) is 0 Å². The van der Waals surface area contributed by atoms with Gasteiger partial charge >= 0.3 is 0 Å². The summed E-state index contributed by atoms with van der Waals surface area (Å²) in [5.41, 5.74) is 3.73. The lowest BCUT2D eigenvalue weighted by atomic mass is 10.0. The van der Waals surface area contributed by atoms with Gasteiger partial charge in [0.25, 0.3) is 0 Å². The van der Waals surface area contributed by atoms with E-state index in [1.165, 1.54) is 22.0 Å². The van der Waals surface area contributed by atoms with E-state index in [0.717, 1.165) is 44.5 Å². The lowest BCUT2D eigenvalue weighted by Crippen LogP contribution is -2.43. The Morgan fingerprint density at radius 2 is 1.57 bits per heavy atom. The van der Waals surface area contributed by atoms with Crippen LogP contribution < -0.4 is 10.2 Å². The number of nitrogens with zero attached hydrogens (tertiary/aromatic N) is 2. The second kappa shape index (κ2) is 11.2. The van der Waals surface area contributed by atoms with E-state index in [4.69, 9.17) is 0 Å². The molecule has 1 amide bonds. The quantitative estimate of drug-likeness (QED) is 0.543. The molecule has 3 aromatic carbocycles. The number of carbonyl (C=O) groups excluding carboxylic acids is 1. The Morgan fingerprint density at radius 1 is 0.857 bits per heavy atom. The average molecular weight is 472 g/mol. The number of nitrogens with one attached hydrogen (secondary N) is 1. The zero-order valence-electron chi connectivity index (χ0n) is 20.5. The molecule has 0 unspecified atom stereocenters. The third-order valence-corrected chi connectivity index (χ3v) is 7.68. The van der Waals surface area contributed by atoms with Crippen LogP contribution in [0, 0.1) is 0 Å². The summed E-state index contributed by atoms with van der Waals surface area (Å²) in [6, 6.07) is 24.3. The maximum atomic E-state index is 12.6. The van der Waals surface area contributed by atoms with Crippen molar-refractivity contribution in [2.75, 3.05) is 37.6 Å². The highest BCUT2D eigenvalue weighted by molar-refractivity contribution is 5.85. The van der Waals surface area contributed by atoms with Gasteiger partial charge in [-0.25, -0.2) is 0 Å². The molecule has 0 radical (unpaired) electrons. The molecule has 2 saturated heterocycles. The third kappa shape index (κ3) is 6.03. The van der Waals surface area contributed by atoms with Crippen molar-refractivity contribution in [3.05, 3.63) is 77.9 Å². The second-order valence-corrected chi connectivity index (χ2v) is 10.1. The average Bonchev–Trinajstić information content (AvgIpc) is 2.90. The number of amides is 1. The standard InChI is InChI=1S/C30H37N3O2/c34-28-15-20-33(21-16-28)30(35)22-23-8-10-27(11-9-23)32-18-13-26(14-19-32)31-17-12-25-6-3-5-24-4-1-2-7-29(24)25/h1-11,26,28,31,34H,12-22H2. The molecule has 5 nitrogen and oxygen atoms in total. The zero-order valence-corrected chi connectivity index (χ0v) is 20.5. The molecule has 2 aliphatic heterocycles. The predicted octanol–water partition coefficient (Wildman–Crippen LogP) is 4.17. The van der Waals surface area contributed by atoms with Crippen molar-refractivity contribution in [1.29, 1.82) is 0 Å². The van der Waals surface area contributed by atoms with Crippen molar-refractivity contribution in [1.82, 2.24) is 10.2 Å². The highest BCUT2D eigenvalue weighted by Gasteiger charge is 2.22. The minimum absolute atomic E-state index is 0.167. The van der Waals surface area contributed by atoms with Gasteiger partial charge in [-0.1, -0.05) is 54.6 Å². The number of fused-ring (bicyclic) bond motifs is 1. The van der Waals surface area contributed by atoms with E-state index in [1.807, 2.05) is 4.90 Å². The Morgan fingerprint density at radius 3 is 2.34 bits per heavy atom. The van der Waals surface area contributed by atoms with E-state index < -0.39 is 0 Å². The Hall–Kier alpha value is -2.89. The van der Waals surface area contributed by atoms with Gasteiger partial charge in [-0.05, 0) is 72.7 Å². The highest BCUT2D eigenvalue weighted by Crippen LogP contribution is 2.22. The van der Waals surface area contributed by atoms with Crippen molar-refractivity contribution in [2.45, 2.75) is 50.7 Å². The first-order valence-electron chi connectivity index (χ1n) is 13.2. The predicted molar refractivity (Wildman–Crippen MR) is 143 cm³/mol. The van der Waals surface area contributed by atoms with Gasteiger partial charge in [0.05, 0.1) is 12.5 Å². The van der Waals surface area contributed by atoms with E-state index in [9.17, 15) is 9.90 Å². The lowest BCUT2D eigenvalue weighted by molar-refractivity contribution is -0.132. The second-order valence-electron chi connectivity index (χ2n) is 10.1. The van der Waals surface area contributed by atoms with Crippen LogP contribution in [0.5, 0.6) is 0 Å². The van der Waals surface area contributed by atoms with Crippen LogP contribution in [0.3, 0.4) is 0 Å². The summed E-state index contributed by atoms with van der Waals surface area (Å²) < 4.78 is 0. The van der Waals surface area contributed by atoms with E-state index in [1.54, 1.807) is 0 Å². The molecule has 5 heteroatoms. The van der Waals surface area contributed by atoms with Crippen molar-refractivity contribution in [3.8, 4) is 0 Å². The summed E-state index contributed by atoms with van der Waals surface area (Å²) in [4.78, 5) is 16.9. The lowest BCUT2D eigenvalue weighted by Gasteiger charge is -2.34. The number of benzene rings is 3. The number of carbonyl (C=O) groups is 1. The van der Waals surface area contributed by atoms with Gasteiger partial charge in [0.1, 0.15) is 0 Å². The topological polar surface area (TPSA) is 55.8 Å². The Kier molecular flexibility index (Phi) is 7.65. The Balaban J connectivity index is 1.06. The molecule has 184 valence electrons. The van der Waals surface area contributed by atoms with Crippen LogP contribution in [0.15, 0.2) is 66.7 Å². The van der Waals surface area contributed by atoms with Gasteiger partial charge in [-0.15, -0.1) is 0 Å². The molecular formula is C30H37N3O2. The third-order valence-electron chi connectivity index (χ3n) is 7.68. The number of aliphatic hydroxyl groups is 1. The van der Waals surface area contributed by atoms with Crippen LogP contribution in [0.25, 0.3) is 10.8 Å². The first kappa shape index (κ1) is 23.8. The van der Waals surface area contributed by atoms with Crippen LogP contribution in [0.4, 0.5) is 5.69 Å². The molecule has 35 heavy (non-hydrogen) atoms. The summed E-state index contributed by atoms with van der Waals surface area (Å²) in [7, 11) is 0. The molecule has 2 fully saturated rings. The SMILES string of the molecule is O=C(Cc1ccc(N2CCC(NCCc3cccc4ccccc34)CC2)cc1)N1CCC(O)CC1. The van der Waals surface area contributed by atoms with Crippen molar-refractivity contribution < 1.29 is 9.90 Å². The number of hydrogen-bond acceptors (Lipinski definition) is 4. The van der Waals surface area contributed by atoms with Gasteiger partial charge in [0.2, 0.25) is 5.91 Å². The number of aliphatic hydroxyl groups excluding tert-OH is 1. The molecule has 2 aliphatic rings. The van der Waals surface area contributed by atoms with Crippen molar-refractivity contribution >= 4 is 22.4 Å². The summed E-state index contributed by atoms with van der Waals surface area (Å²) in [5, 5.41) is 16.1. The minimum Gasteiger partial charge on any atom is -0.393 e. The fourth-order valence-electron chi connectivity index (χ4n) is 5.49. The minimum atomic E-state index is -0.248. The van der Waals surface area contributed by atoms with E-state index in [2.05, 4.69) is 76.9 Å². The van der Waals surface area contributed by atoms with Gasteiger partial charge in [-0.3, -0.25) is 4.79 Å². The first-order valence-corrected chi connectivity index (χ1v) is 13.2. The van der Waals surface area contributed by atoms with Crippen LogP contribution in [-0.4, -0.2) is 60.8 Å². The largest absolute Gasteiger partial charge is 0.393 e. The van der Waals surface area contributed by atoms with Crippen LogP contribution >= 0.6 is 0 Å². The maximum absolute atomic E-state index is 12.6. The van der Waals surface area contributed by atoms with Gasteiger partial charge in [0, 0.05) is 37.9 Å². The fourth-order valence-corrected chi connectivity index (χ4v) is 5.49. The number of anilines is 1. The van der Waals surface area contributed by atoms with E-state index in [0.29, 0.717) is 38.4 Å². The molecule has 5 rings (SSSR count). The molecule has 0 saturated carbocycles. The van der Waals surface area contributed by atoms with Crippen molar-refractivity contribution in [3.63, 3.8) is 0 Å². The molecular weight excluding hydrogens is 434 g/mol. The smallest absolute Gasteiger partial charge is 0.226 e. The Bertz CT molecular complexity index is 1110. The van der Waals surface area contributed by atoms with Gasteiger partial charge < -0.3 is 20.2 Å². The number of hydrogen-bond donors (Lipinski definition) is 2. The molecule has 0 atom stereocenters. The molecule has 0 bridgehead atoms. The Labute approximate surface area is 208 Å². The fraction of sp³-hybridized carbons (Fsp3) is 0.433. The van der Waals surface area contributed by atoms with Crippen LogP contribution in [0.2, 0.25) is 0 Å². The van der Waals surface area contributed by atoms with Gasteiger partial charge in [-0.2, -0.15) is 0 Å². The normalized spacial score (nSPS) is 17.7.